The van der Waals surface area contributed by atoms with Gasteiger partial charge in [-0.25, -0.2) is 0 Å². The van der Waals surface area contributed by atoms with Crippen molar-refractivity contribution in [3.05, 3.63) is 71.3 Å². The average Bonchev–Trinajstić information content (AvgIpc) is 2.72. The number of halogens is 1. The predicted molar refractivity (Wildman–Crippen MR) is 126 cm³/mol. The van der Waals surface area contributed by atoms with Crippen LogP contribution in [0.2, 0.25) is 0 Å². The van der Waals surface area contributed by atoms with Gasteiger partial charge < -0.3 is 15.0 Å². The molecule has 152 valence electrons. The number of benzene rings is 2. The highest BCUT2D eigenvalue weighted by molar-refractivity contribution is 14.0. The van der Waals surface area contributed by atoms with Crippen LogP contribution in [0.25, 0.3) is 0 Å². The van der Waals surface area contributed by atoms with Crippen LogP contribution in [0.1, 0.15) is 16.7 Å². The van der Waals surface area contributed by atoms with Crippen LogP contribution in [0.5, 0.6) is 0 Å². The highest BCUT2D eigenvalue weighted by atomic mass is 127. The fourth-order valence-corrected chi connectivity index (χ4v) is 3.39. The first kappa shape index (κ1) is 22.6. The summed E-state index contributed by atoms with van der Waals surface area (Å²) in [6.45, 7) is 6.57. The normalized spacial score (nSPS) is 15.2. The molecule has 1 fully saturated rings. The van der Waals surface area contributed by atoms with Crippen molar-refractivity contribution < 1.29 is 4.74 Å². The topological polar surface area (TPSA) is 40.1 Å². The lowest BCUT2D eigenvalue weighted by atomic mass is 10.1. The Bertz CT molecular complexity index is 713. The van der Waals surface area contributed by atoms with Crippen molar-refractivity contribution in [2.24, 2.45) is 4.99 Å². The summed E-state index contributed by atoms with van der Waals surface area (Å²) >= 11 is 0. The number of ether oxygens (including phenoxy) is 1. The summed E-state index contributed by atoms with van der Waals surface area (Å²) < 4.78 is 5.16. The van der Waals surface area contributed by atoms with Crippen LogP contribution in [0.15, 0.2) is 59.6 Å². The van der Waals surface area contributed by atoms with Gasteiger partial charge >= 0.3 is 0 Å². The second kappa shape index (κ2) is 12.0. The lowest BCUT2D eigenvalue weighted by Gasteiger charge is -2.36. The summed E-state index contributed by atoms with van der Waals surface area (Å²) in [5, 5.41) is 3.50. The summed E-state index contributed by atoms with van der Waals surface area (Å²) in [7, 11) is 3.58. The summed E-state index contributed by atoms with van der Waals surface area (Å²) in [6.07, 6.45) is 0. The monoisotopic (exact) mass is 494 g/mol. The van der Waals surface area contributed by atoms with Crippen molar-refractivity contribution in [2.75, 3.05) is 40.3 Å². The molecule has 2 aromatic rings. The molecule has 1 N–H and O–H groups in total. The van der Waals surface area contributed by atoms with E-state index in [2.05, 4.69) is 74.7 Å². The first-order valence-corrected chi connectivity index (χ1v) is 9.57. The van der Waals surface area contributed by atoms with Gasteiger partial charge in [0.15, 0.2) is 5.96 Å². The van der Waals surface area contributed by atoms with Crippen LogP contribution >= 0.6 is 24.0 Å². The lowest BCUT2D eigenvalue weighted by Crippen LogP contribution is -2.52. The Morgan fingerprint density at radius 1 is 0.929 bits per heavy atom. The van der Waals surface area contributed by atoms with E-state index >= 15 is 0 Å². The van der Waals surface area contributed by atoms with Crippen molar-refractivity contribution in [1.82, 2.24) is 15.1 Å². The number of aliphatic imine (C=N–C) groups is 1. The quantitative estimate of drug-likeness (QED) is 0.380. The summed E-state index contributed by atoms with van der Waals surface area (Å²) in [5.41, 5.74) is 3.82. The highest BCUT2D eigenvalue weighted by Gasteiger charge is 2.19. The van der Waals surface area contributed by atoms with Gasteiger partial charge in [-0.15, -0.1) is 24.0 Å². The predicted octanol–water partition coefficient (Wildman–Crippen LogP) is 3.34. The second-order valence-corrected chi connectivity index (χ2v) is 6.90. The number of hydrogen-bond donors (Lipinski definition) is 1. The molecule has 0 amide bonds. The van der Waals surface area contributed by atoms with Crippen molar-refractivity contribution >= 4 is 29.9 Å². The first-order valence-electron chi connectivity index (χ1n) is 9.57. The third-order valence-electron chi connectivity index (χ3n) is 4.92. The van der Waals surface area contributed by atoms with E-state index in [0.29, 0.717) is 6.61 Å². The van der Waals surface area contributed by atoms with Crippen LogP contribution in [0.4, 0.5) is 0 Å². The Morgan fingerprint density at radius 3 is 2.18 bits per heavy atom. The van der Waals surface area contributed by atoms with Crippen LogP contribution in [0, 0.1) is 0 Å². The van der Waals surface area contributed by atoms with Gasteiger partial charge in [0, 0.05) is 53.4 Å². The van der Waals surface area contributed by atoms with Crippen LogP contribution in [-0.2, 0) is 24.4 Å². The zero-order valence-electron chi connectivity index (χ0n) is 16.8. The molecule has 6 heteroatoms. The molecule has 0 aliphatic carbocycles. The smallest absolute Gasteiger partial charge is 0.194 e. The van der Waals surface area contributed by atoms with E-state index in [1.165, 1.54) is 16.7 Å². The average molecular weight is 494 g/mol. The molecule has 1 aliphatic rings. The van der Waals surface area contributed by atoms with Gasteiger partial charge in [0.05, 0.1) is 6.61 Å². The molecule has 3 rings (SSSR count). The molecular formula is C22H31IN4O. The molecule has 0 aromatic heterocycles. The Hall–Kier alpha value is -1.64. The fourth-order valence-electron chi connectivity index (χ4n) is 3.39. The zero-order chi connectivity index (χ0) is 18.9. The van der Waals surface area contributed by atoms with Crippen molar-refractivity contribution in [1.29, 1.82) is 0 Å². The van der Waals surface area contributed by atoms with E-state index in [9.17, 15) is 0 Å². The van der Waals surface area contributed by atoms with Gasteiger partial charge in [-0.05, 0) is 16.7 Å². The lowest BCUT2D eigenvalue weighted by molar-refractivity contribution is 0.172. The van der Waals surface area contributed by atoms with E-state index in [4.69, 9.17) is 4.74 Å². The maximum absolute atomic E-state index is 5.16. The van der Waals surface area contributed by atoms with Gasteiger partial charge in [-0.3, -0.25) is 9.89 Å². The zero-order valence-corrected chi connectivity index (χ0v) is 19.1. The van der Waals surface area contributed by atoms with Crippen LogP contribution < -0.4 is 5.32 Å². The Labute approximate surface area is 185 Å². The molecular weight excluding hydrogens is 463 g/mol. The minimum atomic E-state index is 0. The summed E-state index contributed by atoms with van der Waals surface area (Å²) in [6, 6.07) is 19.2. The van der Waals surface area contributed by atoms with Gasteiger partial charge in [0.2, 0.25) is 0 Å². The number of methoxy groups -OCH3 is 1. The molecule has 0 unspecified atom stereocenters. The minimum Gasteiger partial charge on any atom is -0.380 e. The number of hydrogen-bond acceptors (Lipinski definition) is 3. The van der Waals surface area contributed by atoms with Gasteiger partial charge in [0.25, 0.3) is 0 Å². The third-order valence-corrected chi connectivity index (χ3v) is 4.92. The number of rotatable bonds is 6. The SMILES string of the molecule is CN=C(NCc1ccc(COC)cc1)N1CCN(Cc2ccccc2)CC1.I. The molecule has 1 aliphatic heterocycles. The van der Waals surface area contributed by atoms with Crippen LogP contribution in [-0.4, -0.2) is 56.1 Å². The highest BCUT2D eigenvalue weighted by Crippen LogP contribution is 2.09. The van der Waals surface area contributed by atoms with Crippen molar-refractivity contribution in [2.45, 2.75) is 19.7 Å². The second-order valence-electron chi connectivity index (χ2n) is 6.90. The number of piperazine rings is 1. The molecule has 5 nitrogen and oxygen atoms in total. The maximum Gasteiger partial charge on any atom is 0.194 e. The van der Waals surface area contributed by atoms with E-state index in [1.807, 2.05) is 7.05 Å². The van der Waals surface area contributed by atoms with Gasteiger partial charge in [0.1, 0.15) is 0 Å². The van der Waals surface area contributed by atoms with Gasteiger partial charge in [-0.1, -0.05) is 54.6 Å². The molecule has 0 bridgehead atoms. The fraction of sp³-hybridized carbons (Fsp3) is 0.409. The van der Waals surface area contributed by atoms with Crippen molar-refractivity contribution in [3.8, 4) is 0 Å². The Morgan fingerprint density at radius 2 is 1.57 bits per heavy atom. The van der Waals surface area contributed by atoms with Gasteiger partial charge in [-0.2, -0.15) is 0 Å². The van der Waals surface area contributed by atoms with E-state index < -0.39 is 0 Å². The Balaban J connectivity index is 0.00000280. The molecule has 1 heterocycles. The molecule has 2 aromatic carbocycles. The molecule has 28 heavy (non-hydrogen) atoms. The minimum absolute atomic E-state index is 0. The van der Waals surface area contributed by atoms with E-state index in [-0.39, 0.29) is 24.0 Å². The molecule has 0 atom stereocenters. The maximum atomic E-state index is 5.16. The van der Waals surface area contributed by atoms with Crippen LogP contribution in [0.3, 0.4) is 0 Å². The standard InChI is InChI=1S/C22H30N4O.HI/c1-23-22(24-16-19-8-10-21(11-9-19)18-27-2)26-14-12-25(13-15-26)17-20-6-4-3-5-7-20;/h3-11H,12-18H2,1-2H3,(H,23,24);1H. The number of nitrogens with one attached hydrogen (secondary N) is 1. The molecule has 0 radical (unpaired) electrons. The number of guanidine groups is 1. The summed E-state index contributed by atoms with van der Waals surface area (Å²) in [4.78, 5) is 9.33. The molecule has 1 saturated heterocycles. The Kier molecular flexibility index (Phi) is 9.73. The van der Waals surface area contributed by atoms with E-state index in [0.717, 1.165) is 45.2 Å². The van der Waals surface area contributed by atoms with E-state index in [1.54, 1.807) is 7.11 Å². The third kappa shape index (κ3) is 6.76. The van der Waals surface area contributed by atoms with Crippen molar-refractivity contribution in [3.63, 3.8) is 0 Å². The summed E-state index contributed by atoms with van der Waals surface area (Å²) in [5.74, 6) is 0.982. The molecule has 0 spiro atoms. The first-order chi connectivity index (χ1) is 13.3. The largest absolute Gasteiger partial charge is 0.380 e. The molecule has 0 saturated carbocycles. The number of nitrogens with zero attached hydrogens (tertiary/aromatic N) is 3.